The second-order valence-corrected chi connectivity index (χ2v) is 7.62. The number of ether oxygens (including phenoxy) is 1. The molecule has 3 heterocycles. The number of nitrogens with zero attached hydrogens (tertiary/aromatic N) is 4. The summed E-state index contributed by atoms with van der Waals surface area (Å²) in [7, 11) is 0. The van der Waals surface area contributed by atoms with Crippen LogP contribution in [0.25, 0.3) is 5.78 Å². The smallest absolute Gasteiger partial charge is 0.381 e. The molecule has 154 valence electrons. The Morgan fingerprint density at radius 2 is 1.86 bits per heavy atom. The van der Waals surface area contributed by atoms with E-state index in [1.54, 1.807) is 13.0 Å². The van der Waals surface area contributed by atoms with Gasteiger partial charge in [-0.05, 0) is 37.5 Å². The van der Waals surface area contributed by atoms with Crippen LogP contribution in [0.5, 0.6) is 0 Å². The molecule has 4 rings (SSSR count). The fraction of sp³-hybridized carbons (Fsp3) is 0.421. The molecule has 0 saturated carbocycles. The Labute approximate surface area is 170 Å². The molecular weight excluding hydrogens is 407 g/mol. The van der Waals surface area contributed by atoms with Crippen LogP contribution in [0.2, 0.25) is 5.02 Å². The zero-order chi connectivity index (χ0) is 20.6. The van der Waals surface area contributed by atoms with Crippen LogP contribution < -0.4 is 5.32 Å². The van der Waals surface area contributed by atoms with Gasteiger partial charge >= 0.3 is 6.18 Å². The summed E-state index contributed by atoms with van der Waals surface area (Å²) in [4.78, 5) is 7.59. The highest BCUT2D eigenvalue weighted by molar-refractivity contribution is 6.30. The normalized spacial score (nSPS) is 16.9. The minimum atomic E-state index is -4.63. The molecule has 0 aliphatic carbocycles. The Bertz CT molecular complexity index is 1010. The van der Waals surface area contributed by atoms with Crippen LogP contribution >= 0.6 is 11.6 Å². The van der Waals surface area contributed by atoms with Crippen LogP contribution in [0.1, 0.15) is 29.9 Å². The molecule has 0 bridgehead atoms. The van der Waals surface area contributed by atoms with Gasteiger partial charge in [0.1, 0.15) is 5.82 Å². The van der Waals surface area contributed by atoms with Crippen molar-refractivity contribution in [1.82, 2.24) is 19.6 Å². The zero-order valence-corrected chi connectivity index (χ0v) is 16.4. The molecule has 10 heteroatoms. The van der Waals surface area contributed by atoms with Crippen molar-refractivity contribution in [2.75, 3.05) is 25.1 Å². The van der Waals surface area contributed by atoms with Gasteiger partial charge in [-0.25, -0.2) is 4.98 Å². The van der Waals surface area contributed by atoms with Crippen molar-refractivity contribution >= 4 is 23.2 Å². The average Bonchev–Trinajstić information content (AvgIpc) is 3.12. The van der Waals surface area contributed by atoms with Gasteiger partial charge in [0.2, 0.25) is 0 Å². The highest BCUT2D eigenvalue weighted by Gasteiger charge is 2.37. The average molecular weight is 426 g/mol. The summed E-state index contributed by atoms with van der Waals surface area (Å²) in [6.45, 7) is 3.42. The van der Waals surface area contributed by atoms with Crippen LogP contribution in [-0.4, -0.2) is 39.3 Å². The van der Waals surface area contributed by atoms with Crippen molar-refractivity contribution in [3.8, 4) is 0 Å². The third kappa shape index (κ3) is 4.02. The summed E-state index contributed by atoms with van der Waals surface area (Å²) in [6, 6.07) is 9.32. The first-order chi connectivity index (χ1) is 13.8. The molecule has 0 amide bonds. The highest BCUT2D eigenvalue weighted by atomic mass is 35.5. The van der Waals surface area contributed by atoms with Crippen LogP contribution in [0, 0.1) is 6.92 Å². The van der Waals surface area contributed by atoms with Gasteiger partial charge in [0, 0.05) is 42.0 Å². The second kappa shape index (κ2) is 7.46. The van der Waals surface area contributed by atoms with Gasteiger partial charge in [0.15, 0.2) is 0 Å². The first-order valence-corrected chi connectivity index (χ1v) is 9.54. The van der Waals surface area contributed by atoms with E-state index in [1.165, 1.54) is 0 Å². The Kier molecular flexibility index (Phi) is 5.12. The lowest BCUT2D eigenvalue weighted by molar-refractivity contribution is -0.144. The third-order valence-electron chi connectivity index (χ3n) is 5.21. The highest BCUT2D eigenvalue weighted by Crippen LogP contribution is 2.36. The van der Waals surface area contributed by atoms with Crippen LogP contribution in [-0.2, 0) is 16.3 Å². The van der Waals surface area contributed by atoms with E-state index in [4.69, 9.17) is 16.3 Å². The molecule has 1 N–H and O–H groups in total. The van der Waals surface area contributed by atoms with E-state index in [1.807, 2.05) is 24.3 Å². The fourth-order valence-electron chi connectivity index (χ4n) is 3.63. The molecule has 2 aromatic heterocycles. The predicted molar refractivity (Wildman–Crippen MR) is 102 cm³/mol. The molecule has 0 spiro atoms. The molecular formula is C19H19ClF3N5O. The Hall–Kier alpha value is -2.39. The van der Waals surface area contributed by atoms with Crippen LogP contribution in [0.4, 0.5) is 19.0 Å². The van der Waals surface area contributed by atoms with Gasteiger partial charge in [-0.1, -0.05) is 23.7 Å². The number of fused-ring (bicyclic) bond motifs is 1. The van der Waals surface area contributed by atoms with E-state index >= 15 is 0 Å². The number of benzene rings is 1. The number of hydrogen-bond donors (Lipinski definition) is 1. The number of hydrogen-bond acceptors (Lipinski definition) is 5. The minimum Gasteiger partial charge on any atom is -0.381 e. The van der Waals surface area contributed by atoms with Crippen molar-refractivity contribution in [1.29, 1.82) is 0 Å². The molecule has 1 aromatic carbocycles. The van der Waals surface area contributed by atoms with Crippen LogP contribution in [0.3, 0.4) is 0 Å². The van der Waals surface area contributed by atoms with Crippen LogP contribution in [0.15, 0.2) is 30.3 Å². The van der Waals surface area contributed by atoms with Crippen molar-refractivity contribution in [2.24, 2.45) is 0 Å². The van der Waals surface area contributed by atoms with Crippen molar-refractivity contribution in [3.05, 3.63) is 52.4 Å². The Balaban J connectivity index is 1.68. The first-order valence-electron chi connectivity index (χ1n) is 9.16. The predicted octanol–water partition coefficient (Wildman–Crippen LogP) is 4.27. The monoisotopic (exact) mass is 425 g/mol. The van der Waals surface area contributed by atoms with E-state index < -0.39 is 12.0 Å². The van der Waals surface area contributed by atoms with Gasteiger partial charge in [0.05, 0.1) is 0 Å². The van der Waals surface area contributed by atoms with E-state index in [9.17, 15) is 13.2 Å². The SMILES string of the molecule is Cc1cc(NCC2(c3ccc(Cl)cc3)CCOCC2)n2nc(C(F)(F)F)nc2n1. The summed E-state index contributed by atoms with van der Waals surface area (Å²) in [5.74, 6) is -0.889. The summed E-state index contributed by atoms with van der Waals surface area (Å²) < 4.78 is 45.8. The molecule has 3 aromatic rings. The Morgan fingerprint density at radius 1 is 1.17 bits per heavy atom. The molecule has 1 saturated heterocycles. The van der Waals surface area contributed by atoms with Gasteiger partial charge in [-0.2, -0.15) is 22.7 Å². The number of nitrogens with one attached hydrogen (secondary N) is 1. The lowest BCUT2D eigenvalue weighted by atomic mass is 9.74. The molecule has 1 aliphatic rings. The standard InChI is InChI=1S/C19H19ClF3N5O/c1-12-10-15(28-17(25-12)26-16(27-28)19(21,22)23)24-11-18(6-8-29-9-7-18)13-2-4-14(20)5-3-13/h2-5,10,24H,6-9,11H2,1H3. The molecule has 0 unspecified atom stereocenters. The Morgan fingerprint density at radius 3 is 2.52 bits per heavy atom. The van der Waals surface area contributed by atoms with Gasteiger partial charge < -0.3 is 10.1 Å². The number of halogens is 4. The lowest BCUT2D eigenvalue weighted by Crippen LogP contribution is -2.40. The van der Waals surface area contributed by atoms with E-state index in [0.29, 0.717) is 36.3 Å². The maximum Gasteiger partial charge on any atom is 0.453 e. The molecule has 1 fully saturated rings. The molecule has 0 atom stereocenters. The molecule has 29 heavy (non-hydrogen) atoms. The zero-order valence-electron chi connectivity index (χ0n) is 15.6. The van der Waals surface area contributed by atoms with E-state index in [0.717, 1.165) is 22.9 Å². The third-order valence-corrected chi connectivity index (χ3v) is 5.46. The second-order valence-electron chi connectivity index (χ2n) is 7.18. The quantitative estimate of drug-likeness (QED) is 0.676. The minimum absolute atomic E-state index is 0.0904. The van der Waals surface area contributed by atoms with Crippen molar-refractivity contribution in [3.63, 3.8) is 0 Å². The first kappa shape index (κ1) is 19.9. The number of alkyl halides is 3. The largest absolute Gasteiger partial charge is 0.453 e. The number of rotatable bonds is 4. The lowest BCUT2D eigenvalue weighted by Gasteiger charge is -2.38. The van der Waals surface area contributed by atoms with Gasteiger partial charge in [-0.15, -0.1) is 5.10 Å². The number of aromatic nitrogens is 4. The van der Waals surface area contributed by atoms with E-state index in [2.05, 4.69) is 20.4 Å². The summed E-state index contributed by atoms with van der Waals surface area (Å²) >= 11 is 6.03. The van der Waals surface area contributed by atoms with E-state index in [-0.39, 0.29) is 11.2 Å². The summed E-state index contributed by atoms with van der Waals surface area (Å²) in [5, 5.41) is 7.54. The van der Waals surface area contributed by atoms with Gasteiger partial charge in [0.25, 0.3) is 11.6 Å². The number of aryl methyl sites for hydroxylation is 1. The summed E-state index contributed by atoms with van der Waals surface area (Å²) in [5.41, 5.74) is 1.42. The maximum atomic E-state index is 13.0. The van der Waals surface area contributed by atoms with Crippen molar-refractivity contribution in [2.45, 2.75) is 31.4 Å². The van der Waals surface area contributed by atoms with Gasteiger partial charge in [-0.3, -0.25) is 0 Å². The molecule has 0 radical (unpaired) electrons. The molecule has 1 aliphatic heterocycles. The fourth-order valence-corrected chi connectivity index (χ4v) is 3.75. The molecule has 6 nitrogen and oxygen atoms in total. The summed E-state index contributed by atoms with van der Waals surface area (Å²) in [6.07, 6.45) is -3.08. The maximum absolute atomic E-state index is 13.0. The number of anilines is 1. The topological polar surface area (TPSA) is 64.3 Å². The van der Waals surface area contributed by atoms with Crippen molar-refractivity contribution < 1.29 is 17.9 Å².